The van der Waals surface area contributed by atoms with Gasteiger partial charge in [-0.05, 0) is 32.4 Å². The van der Waals surface area contributed by atoms with Gasteiger partial charge in [-0.15, -0.1) is 0 Å². The van der Waals surface area contributed by atoms with E-state index in [0.29, 0.717) is 17.4 Å². The molecule has 0 aliphatic heterocycles. The molecule has 136 valence electrons. The predicted octanol–water partition coefficient (Wildman–Crippen LogP) is 1.86. The highest BCUT2D eigenvalue weighted by Gasteiger charge is 2.16. The summed E-state index contributed by atoms with van der Waals surface area (Å²) in [5, 5.41) is 3.05. The minimum absolute atomic E-state index is 0.240. The molecule has 0 unspecified atom stereocenters. The Hall–Kier alpha value is -2.19. The topological polar surface area (TPSA) is 87.2 Å². The molecule has 0 spiro atoms. The molecule has 0 amide bonds. The third-order valence-corrected chi connectivity index (χ3v) is 5.24. The van der Waals surface area contributed by atoms with E-state index in [9.17, 15) is 8.42 Å². The molecule has 7 nitrogen and oxygen atoms in total. The number of sulfonamides is 1. The number of nitrogens with zero attached hydrogens (tertiary/aromatic N) is 3. The monoisotopic (exact) mass is 363 g/mol. The van der Waals surface area contributed by atoms with Gasteiger partial charge < -0.3 is 10.2 Å². The molecule has 0 radical (unpaired) electrons. The van der Waals surface area contributed by atoms with Crippen molar-refractivity contribution in [1.82, 2.24) is 14.7 Å². The van der Waals surface area contributed by atoms with Crippen LogP contribution < -0.4 is 14.9 Å². The summed E-state index contributed by atoms with van der Waals surface area (Å²) in [5.74, 6) is 1.28. The molecule has 2 N–H and O–H groups in total. The van der Waals surface area contributed by atoms with Crippen molar-refractivity contribution in [2.24, 2.45) is 0 Å². The summed E-state index contributed by atoms with van der Waals surface area (Å²) >= 11 is 0. The average Bonchev–Trinajstić information content (AvgIpc) is 2.50. The van der Waals surface area contributed by atoms with Crippen LogP contribution in [0.4, 0.5) is 11.8 Å². The smallest absolute Gasteiger partial charge is 0.240 e. The first-order valence-electron chi connectivity index (χ1n) is 8.03. The summed E-state index contributed by atoms with van der Waals surface area (Å²) in [7, 11) is 0.282. The second-order valence-corrected chi connectivity index (χ2v) is 7.91. The van der Waals surface area contributed by atoms with Crippen LogP contribution in [-0.2, 0) is 10.0 Å². The van der Waals surface area contributed by atoms with Crippen LogP contribution in [0, 0.1) is 20.8 Å². The lowest BCUT2D eigenvalue weighted by Crippen LogP contribution is -2.29. The highest BCUT2D eigenvalue weighted by molar-refractivity contribution is 7.89. The van der Waals surface area contributed by atoms with Crippen molar-refractivity contribution in [1.29, 1.82) is 0 Å². The fraction of sp³-hybridized carbons (Fsp3) is 0.412. The Morgan fingerprint density at radius 1 is 1.04 bits per heavy atom. The van der Waals surface area contributed by atoms with E-state index >= 15 is 0 Å². The molecular formula is C17H25N5O2S. The maximum absolute atomic E-state index is 12.4. The first-order valence-corrected chi connectivity index (χ1v) is 9.51. The highest BCUT2D eigenvalue weighted by atomic mass is 32.2. The van der Waals surface area contributed by atoms with Crippen molar-refractivity contribution < 1.29 is 8.42 Å². The van der Waals surface area contributed by atoms with E-state index in [1.807, 2.05) is 45.0 Å². The van der Waals surface area contributed by atoms with E-state index in [1.165, 1.54) is 0 Å². The van der Waals surface area contributed by atoms with Crippen molar-refractivity contribution >= 4 is 21.8 Å². The predicted molar refractivity (Wildman–Crippen MR) is 101 cm³/mol. The van der Waals surface area contributed by atoms with Crippen molar-refractivity contribution in [3.63, 3.8) is 0 Å². The normalized spacial score (nSPS) is 11.4. The Balaban J connectivity index is 1.97. The van der Waals surface area contributed by atoms with E-state index in [2.05, 4.69) is 20.0 Å². The average molecular weight is 363 g/mol. The Morgan fingerprint density at radius 2 is 1.76 bits per heavy atom. The molecule has 2 aromatic rings. The molecule has 0 aliphatic rings. The SMILES string of the molecule is Cc1ccc(S(=O)(=O)NCCNc2nc(C)cc(N(C)C)n2)c(C)c1. The quantitative estimate of drug-likeness (QED) is 0.730. The summed E-state index contributed by atoms with van der Waals surface area (Å²) in [4.78, 5) is 10.9. The van der Waals surface area contributed by atoms with Gasteiger partial charge in [0.25, 0.3) is 0 Å². The van der Waals surface area contributed by atoms with Crippen molar-refractivity contribution in [3.05, 3.63) is 41.1 Å². The van der Waals surface area contributed by atoms with Gasteiger partial charge in [0.05, 0.1) is 4.90 Å². The molecule has 0 aliphatic carbocycles. The van der Waals surface area contributed by atoms with Crippen LogP contribution in [0.15, 0.2) is 29.2 Å². The van der Waals surface area contributed by atoms with Crippen LogP contribution in [0.3, 0.4) is 0 Å². The first kappa shape index (κ1) is 19.1. The Bertz CT molecular complexity index is 850. The number of aromatic nitrogens is 2. The zero-order valence-corrected chi connectivity index (χ0v) is 16.1. The van der Waals surface area contributed by atoms with Crippen LogP contribution in [0.25, 0.3) is 0 Å². The molecule has 25 heavy (non-hydrogen) atoms. The molecule has 0 fully saturated rings. The molecule has 0 bridgehead atoms. The second-order valence-electron chi connectivity index (χ2n) is 6.18. The fourth-order valence-corrected chi connectivity index (χ4v) is 3.65. The van der Waals surface area contributed by atoms with Crippen LogP contribution in [-0.4, -0.2) is 45.6 Å². The minimum Gasteiger partial charge on any atom is -0.363 e. The maximum atomic E-state index is 12.4. The van der Waals surface area contributed by atoms with Gasteiger partial charge in [0.2, 0.25) is 16.0 Å². The summed E-state index contributed by atoms with van der Waals surface area (Å²) < 4.78 is 27.4. The van der Waals surface area contributed by atoms with Crippen LogP contribution in [0.2, 0.25) is 0 Å². The number of nitrogens with one attached hydrogen (secondary N) is 2. The van der Waals surface area contributed by atoms with Crippen molar-refractivity contribution in [3.8, 4) is 0 Å². The van der Waals surface area contributed by atoms with E-state index in [4.69, 9.17) is 0 Å². The van der Waals surface area contributed by atoms with Crippen LogP contribution in [0.5, 0.6) is 0 Å². The Labute approximate surface area is 149 Å². The van der Waals surface area contributed by atoms with Gasteiger partial charge in [0.1, 0.15) is 5.82 Å². The maximum Gasteiger partial charge on any atom is 0.240 e. The molecule has 0 saturated carbocycles. The number of hydrogen-bond donors (Lipinski definition) is 2. The molecule has 0 saturated heterocycles. The van der Waals surface area contributed by atoms with Crippen LogP contribution >= 0.6 is 0 Å². The standard InChI is InChI=1S/C17H25N5O2S/c1-12-6-7-15(13(2)10-12)25(23,24)19-9-8-18-17-20-14(3)11-16(21-17)22(4)5/h6-7,10-11,19H,8-9H2,1-5H3,(H,18,20,21). The van der Waals surface area contributed by atoms with Crippen molar-refractivity contribution in [2.45, 2.75) is 25.7 Å². The Kier molecular flexibility index (Phi) is 5.97. The lowest BCUT2D eigenvalue weighted by atomic mass is 10.2. The fourth-order valence-electron chi connectivity index (χ4n) is 2.40. The molecular weight excluding hydrogens is 338 g/mol. The van der Waals surface area contributed by atoms with Gasteiger partial charge in [-0.25, -0.2) is 18.1 Å². The number of rotatable bonds is 7. The molecule has 0 atom stereocenters. The van der Waals surface area contributed by atoms with Crippen LogP contribution in [0.1, 0.15) is 16.8 Å². The number of hydrogen-bond acceptors (Lipinski definition) is 6. The lowest BCUT2D eigenvalue weighted by Gasteiger charge is -2.14. The molecule has 2 rings (SSSR count). The van der Waals surface area contributed by atoms with E-state index in [1.54, 1.807) is 19.1 Å². The van der Waals surface area contributed by atoms with Gasteiger partial charge in [0, 0.05) is 38.9 Å². The summed E-state index contributed by atoms with van der Waals surface area (Å²) in [6.45, 7) is 6.25. The third kappa shape index (κ3) is 5.14. The van der Waals surface area contributed by atoms with E-state index < -0.39 is 10.0 Å². The zero-order valence-electron chi connectivity index (χ0n) is 15.3. The van der Waals surface area contributed by atoms with Gasteiger partial charge >= 0.3 is 0 Å². The second kappa shape index (κ2) is 7.79. The first-order chi connectivity index (χ1) is 11.7. The van der Waals surface area contributed by atoms with Crippen molar-refractivity contribution in [2.75, 3.05) is 37.4 Å². The molecule has 1 aromatic carbocycles. The highest BCUT2D eigenvalue weighted by Crippen LogP contribution is 2.16. The molecule has 8 heteroatoms. The Morgan fingerprint density at radius 3 is 2.40 bits per heavy atom. The van der Waals surface area contributed by atoms with Gasteiger partial charge in [0.15, 0.2) is 0 Å². The zero-order chi connectivity index (χ0) is 18.6. The molecule has 1 heterocycles. The molecule has 1 aromatic heterocycles. The van der Waals surface area contributed by atoms with Gasteiger partial charge in [-0.1, -0.05) is 17.7 Å². The minimum atomic E-state index is -3.53. The third-order valence-electron chi connectivity index (χ3n) is 3.62. The largest absolute Gasteiger partial charge is 0.363 e. The summed E-state index contributed by atoms with van der Waals surface area (Å²) in [6, 6.07) is 7.17. The number of aryl methyl sites for hydroxylation is 3. The van der Waals surface area contributed by atoms with Gasteiger partial charge in [-0.3, -0.25) is 0 Å². The van der Waals surface area contributed by atoms with E-state index in [0.717, 1.165) is 22.6 Å². The summed E-state index contributed by atoms with van der Waals surface area (Å²) in [5.41, 5.74) is 2.61. The number of benzene rings is 1. The van der Waals surface area contributed by atoms with Gasteiger partial charge in [-0.2, -0.15) is 4.98 Å². The lowest BCUT2D eigenvalue weighted by molar-refractivity contribution is 0.582. The summed E-state index contributed by atoms with van der Waals surface area (Å²) in [6.07, 6.45) is 0. The van der Waals surface area contributed by atoms with E-state index in [-0.39, 0.29) is 6.54 Å². The number of anilines is 2.